The third-order valence-electron chi connectivity index (χ3n) is 4.64. The number of rotatable bonds is 6. The molecule has 8 heteroatoms. The first kappa shape index (κ1) is 20.0. The van der Waals surface area contributed by atoms with Gasteiger partial charge in [0.25, 0.3) is 5.91 Å². The lowest BCUT2D eigenvalue weighted by Gasteiger charge is -2.30. The topological polar surface area (TPSA) is 54.9 Å². The van der Waals surface area contributed by atoms with Crippen molar-refractivity contribution < 1.29 is 14.3 Å². The van der Waals surface area contributed by atoms with E-state index in [4.69, 9.17) is 14.5 Å². The predicted molar refractivity (Wildman–Crippen MR) is 119 cm³/mol. The van der Waals surface area contributed by atoms with Crippen molar-refractivity contribution in [2.45, 2.75) is 11.0 Å². The molecule has 6 nitrogen and oxygen atoms in total. The number of aromatic nitrogens is 1. The molecule has 1 amide bonds. The zero-order valence-corrected chi connectivity index (χ0v) is 18.3. The van der Waals surface area contributed by atoms with Crippen LogP contribution in [0.2, 0.25) is 0 Å². The van der Waals surface area contributed by atoms with E-state index in [0.29, 0.717) is 23.2 Å². The zero-order valence-electron chi connectivity index (χ0n) is 16.6. The fourth-order valence-electron chi connectivity index (χ4n) is 3.11. The number of hydrogen-bond acceptors (Lipinski definition) is 7. The van der Waals surface area contributed by atoms with Gasteiger partial charge < -0.3 is 14.4 Å². The van der Waals surface area contributed by atoms with E-state index in [1.165, 1.54) is 11.3 Å². The summed E-state index contributed by atoms with van der Waals surface area (Å²) >= 11 is 3.19. The quantitative estimate of drug-likeness (QED) is 0.556. The summed E-state index contributed by atoms with van der Waals surface area (Å²) in [6, 6.07) is 13.5. The van der Waals surface area contributed by atoms with Crippen LogP contribution in [0.3, 0.4) is 0 Å². The molecule has 1 atom stereocenters. The molecule has 3 aromatic rings. The number of likely N-dealkylation sites (N-methyl/N-ethyl adjacent to an activating group) is 1. The van der Waals surface area contributed by atoms with E-state index in [1.54, 1.807) is 16.7 Å². The summed E-state index contributed by atoms with van der Waals surface area (Å²) in [7, 11) is 3.98. The van der Waals surface area contributed by atoms with Gasteiger partial charge in [-0.2, -0.15) is 0 Å². The van der Waals surface area contributed by atoms with Crippen molar-refractivity contribution in [3.05, 3.63) is 42.5 Å². The van der Waals surface area contributed by atoms with Gasteiger partial charge in [0.15, 0.2) is 16.6 Å². The highest BCUT2D eigenvalue weighted by atomic mass is 32.2. The van der Waals surface area contributed by atoms with Gasteiger partial charge in [0.05, 0.1) is 10.2 Å². The van der Waals surface area contributed by atoms with E-state index < -0.39 is 6.10 Å². The Hall–Kier alpha value is -2.29. The van der Waals surface area contributed by atoms with E-state index in [9.17, 15) is 4.79 Å². The average Bonchev–Trinajstić information content (AvgIpc) is 3.17. The number of para-hydroxylation sites is 3. The van der Waals surface area contributed by atoms with Crippen molar-refractivity contribution in [2.75, 3.05) is 44.9 Å². The summed E-state index contributed by atoms with van der Waals surface area (Å²) in [5.41, 5.74) is 0.939. The van der Waals surface area contributed by atoms with Gasteiger partial charge in [0.1, 0.15) is 6.61 Å². The van der Waals surface area contributed by atoms with Gasteiger partial charge in [0.2, 0.25) is 6.10 Å². The SMILES string of the molecule is CSc1cccc2sc(N(CCN(C)C)C(=O)C3COc4ccccc4O3)nc12. The van der Waals surface area contributed by atoms with E-state index in [0.717, 1.165) is 21.7 Å². The van der Waals surface area contributed by atoms with Crippen LogP contribution in [0.5, 0.6) is 11.5 Å². The molecule has 1 aliphatic rings. The third-order valence-corrected chi connectivity index (χ3v) is 6.46. The van der Waals surface area contributed by atoms with E-state index in [1.807, 2.05) is 56.7 Å². The number of fused-ring (bicyclic) bond motifs is 2. The molecule has 1 aliphatic heterocycles. The van der Waals surface area contributed by atoms with Crippen LogP contribution < -0.4 is 14.4 Å². The van der Waals surface area contributed by atoms with E-state index in [-0.39, 0.29) is 12.5 Å². The fourth-order valence-corrected chi connectivity index (χ4v) is 4.76. The van der Waals surface area contributed by atoms with Gasteiger partial charge in [-0.3, -0.25) is 9.69 Å². The summed E-state index contributed by atoms with van der Waals surface area (Å²) in [6.07, 6.45) is 1.34. The van der Waals surface area contributed by atoms with Crippen molar-refractivity contribution >= 4 is 44.4 Å². The summed E-state index contributed by atoms with van der Waals surface area (Å²) in [6.45, 7) is 1.44. The second kappa shape index (κ2) is 8.61. The summed E-state index contributed by atoms with van der Waals surface area (Å²) in [5.74, 6) is 1.13. The molecule has 0 N–H and O–H groups in total. The lowest BCUT2D eigenvalue weighted by atomic mass is 10.2. The molecule has 0 aliphatic carbocycles. The summed E-state index contributed by atoms with van der Waals surface area (Å²) in [4.78, 5) is 23.1. The maximum absolute atomic E-state index is 13.4. The van der Waals surface area contributed by atoms with E-state index in [2.05, 4.69) is 11.0 Å². The molecule has 1 aromatic heterocycles. The molecule has 0 bridgehead atoms. The van der Waals surface area contributed by atoms with Crippen LogP contribution in [-0.4, -0.2) is 61.9 Å². The standard InChI is InChI=1S/C21H23N3O3S2/c1-23(2)11-12-24(21-22-19-17(28-3)9-6-10-18(19)29-21)20(25)16-13-26-14-7-4-5-8-15(14)27-16/h4-10,16H,11-13H2,1-3H3. The van der Waals surface area contributed by atoms with Crippen LogP contribution in [-0.2, 0) is 4.79 Å². The molecule has 0 radical (unpaired) electrons. The van der Waals surface area contributed by atoms with Crippen LogP contribution >= 0.6 is 23.1 Å². The van der Waals surface area contributed by atoms with E-state index >= 15 is 0 Å². The molecule has 0 saturated heterocycles. The number of ether oxygens (including phenoxy) is 2. The molecule has 29 heavy (non-hydrogen) atoms. The number of amides is 1. The van der Waals surface area contributed by atoms with Crippen LogP contribution in [0.15, 0.2) is 47.4 Å². The summed E-state index contributed by atoms with van der Waals surface area (Å²) in [5, 5.41) is 0.691. The number of nitrogens with zero attached hydrogens (tertiary/aromatic N) is 3. The fraction of sp³-hybridized carbons (Fsp3) is 0.333. The number of carbonyl (C=O) groups excluding carboxylic acids is 1. The van der Waals surface area contributed by atoms with Gasteiger partial charge in [-0.1, -0.05) is 29.5 Å². The maximum atomic E-state index is 13.4. The zero-order chi connectivity index (χ0) is 20.4. The van der Waals surface area contributed by atoms with Crippen molar-refractivity contribution in [1.82, 2.24) is 9.88 Å². The molecule has 0 fully saturated rings. The predicted octanol–water partition coefficient (Wildman–Crippen LogP) is 3.75. The van der Waals surface area contributed by atoms with Crippen LogP contribution in [0.4, 0.5) is 5.13 Å². The third kappa shape index (κ3) is 4.19. The van der Waals surface area contributed by atoms with Gasteiger partial charge in [0, 0.05) is 18.0 Å². The normalized spacial score (nSPS) is 15.7. The molecular formula is C21H23N3O3S2. The van der Waals surface area contributed by atoms with Crippen LogP contribution in [0.25, 0.3) is 10.2 Å². The van der Waals surface area contributed by atoms with Gasteiger partial charge in [-0.25, -0.2) is 4.98 Å². The van der Waals surface area contributed by atoms with Gasteiger partial charge in [-0.05, 0) is 44.6 Å². The molecule has 152 valence electrons. The van der Waals surface area contributed by atoms with Crippen molar-refractivity contribution in [3.63, 3.8) is 0 Å². The minimum atomic E-state index is -0.695. The Morgan fingerprint density at radius 2 is 1.97 bits per heavy atom. The summed E-state index contributed by atoms with van der Waals surface area (Å²) < 4.78 is 12.8. The van der Waals surface area contributed by atoms with Crippen molar-refractivity contribution in [3.8, 4) is 11.5 Å². The first-order valence-corrected chi connectivity index (χ1v) is 11.4. The molecule has 0 spiro atoms. The number of anilines is 1. The van der Waals surface area contributed by atoms with Gasteiger partial charge >= 0.3 is 0 Å². The second-order valence-corrected chi connectivity index (χ2v) is 8.82. The monoisotopic (exact) mass is 429 g/mol. The largest absolute Gasteiger partial charge is 0.485 e. The Morgan fingerprint density at radius 1 is 1.17 bits per heavy atom. The van der Waals surface area contributed by atoms with Crippen molar-refractivity contribution in [1.29, 1.82) is 0 Å². The minimum Gasteiger partial charge on any atom is -0.485 e. The molecule has 0 saturated carbocycles. The number of thiazole rings is 1. The molecule has 2 aromatic carbocycles. The highest BCUT2D eigenvalue weighted by molar-refractivity contribution is 7.98. The molecular weight excluding hydrogens is 406 g/mol. The highest BCUT2D eigenvalue weighted by Crippen LogP contribution is 2.35. The first-order chi connectivity index (χ1) is 14.1. The Kier molecular flexibility index (Phi) is 5.94. The molecule has 1 unspecified atom stereocenters. The average molecular weight is 430 g/mol. The Morgan fingerprint density at radius 3 is 2.72 bits per heavy atom. The Balaban J connectivity index is 1.64. The van der Waals surface area contributed by atoms with Gasteiger partial charge in [-0.15, -0.1) is 11.8 Å². The molecule has 2 heterocycles. The van der Waals surface area contributed by atoms with Crippen LogP contribution in [0.1, 0.15) is 0 Å². The first-order valence-electron chi connectivity index (χ1n) is 9.35. The second-order valence-electron chi connectivity index (χ2n) is 6.96. The lowest BCUT2D eigenvalue weighted by molar-refractivity contribution is -0.127. The Labute approximate surface area is 178 Å². The Bertz CT molecular complexity index is 1020. The number of carbonyl (C=O) groups is 1. The number of thioether (sulfide) groups is 1. The number of hydrogen-bond donors (Lipinski definition) is 0. The van der Waals surface area contributed by atoms with Crippen LogP contribution in [0, 0.1) is 0 Å². The lowest BCUT2D eigenvalue weighted by Crippen LogP contribution is -2.48. The molecule has 4 rings (SSSR count). The minimum absolute atomic E-state index is 0.133. The highest BCUT2D eigenvalue weighted by Gasteiger charge is 2.33. The number of benzene rings is 2. The maximum Gasteiger partial charge on any atom is 0.273 e. The smallest absolute Gasteiger partial charge is 0.273 e. The van der Waals surface area contributed by atoms with Crippen molar-refractivity contribution in [2.24, 2.45) is 0 Å².